The fourth-order valence-corrected chi connectivity index (χ4v) is 3.41. The van der Waals surface area contributed by atoms with Crippen LogP contribution in [-0.4, -0.2) is 8.42 Å². The van der Waals surface area contributed by atoms with Crippen molar-refractivity contribution in [2.24, 2.45) is 0 Å². The third-order valence-electron chi connectivity index (χ3n) is 2.96. The van der Waals surface area contributed by atoms with E-state index in [-0.39, 0.29) is 10.6 Å². The summed E-state index contributed by atoms with van der Waals surface area (Å²) in [5, 5.41) is 0.574. The van der Waals surface area contributed by atoms with Gasteiger partial charge in [0.2, 0.25) is 0 Å². The molecule has 19 heavy (non-hydrogen) atoms. The van der Waals surface area contributed by atoms with E-state index in [2.05, 4.69) is 0 Å². The smallest absolute Gasteiger partial charge is 0.182 e. The topological polar surface area (TPSA) is 60.2 Å². The lowest BCUT2D eigenvalue weighted by molar-refractivity contribution is 0.595. The molecule has 0 amide bonds. The molecule has 0 radical (unpaired) electrons. The molecule has 0 spiro atoms. The van der Waals surface area contributed by atoms with Gasteiger partial charge in [0.15, 0.2) is 9.84 Å². The van der Waals surface area contributed by atoms with Crippen LogP contribution >= 0.6 is 11.6 Å². The number of sulfone groups is 1. The summed E-state index contributed by atoms with van der Waals surface area (Å²) in [5.74, 6) is -0.0662. The van der Waals surface area contributed by atoms with Gasteiger partial charge in [-0.25, -0.2) is 8.42 Å². The van der Waals surface area contributed by atoms with Gasteiger partial charge in [0.1, 0.15) is 0 Å². The summed E-state index contributed by atoms with van der Waals surface area (Å²) in [6, 6.07) is 11.5. The molecule has 2 rings (SSSR count). The van der Waals surface area contributed by atoms with Crippen molar-refractivity contribution in [3.8, 4) is 0 Å². The third-order valence-corrected chi connectivity index (χ3v) is 5.06. The van der Waals surface area contributed by atoms with Gasteiger partial charge in [0.25, 0.3) is 0 Å². The summed E-state index contributed by atoms with van der Waals surface area (Å²) < 4.78 is 24.6. The minimum absolute atomic E-state index is 0.0662. The summed E-state index contributed by atoms with van der Waals surface area (Å²) in [5.41, 5.74) is 7.60. The average molecular weight is 296 g/mol. The monoisotopic (exact) mass is 295 g/mol. The Labute approximate surface area is 117 Å². The van der Waals surface area contributed by atoms with Crippen molar-refractivity contribution in [2.75, 3.05) is 5.73 Å². The quantitative estimate of drug-likeness (QED) is 0.885. The molecule has 0 fully saturated rings. The first kappa shape index (κ1) is 13.9. The SMILES string of the molecule is Cc1c(Cl)cccc1CS(=O)(=O)c1ccc(N)cc1. The summed E-state index contributed by atoms with van der Waals surface area (Å²) in [6.45, 7) is 1.82. The predicted molar refractivity (Wildman–Crippen MR) is 77.9 cm³/mol. The molecule has 0 unspecified atom stereocenters. The highest BCUT2D eigenvalue weighted by Crippen LogP contribution is 2.23. The van der Waals surface area contributed by atoms with E-state index in [1.165, 1.54) is 12.1 Å². The second-order valence-corrected chi connectivity index (χ2v) is 6.75. The van der Waals surface area contributed by atoms with Crippen LogP contribution in [0.3, 0.4) is 0 Å². The molecule has 0 saturated heterocycles. The molecule has 5 heteroatoms. The van der Waals surface area contributed by atoms with Crippen molar-refractivity contribution in [1.29, 1.82) is 0 Å². The Bertz CT molecular complexity index is 694. The highest BCUT2D eigenvalue weighted by molar-refractivity contribution is 7.90. The van der Waals surface area contributed by atoms with Gasteiger partial charge in [0, 0.05) is 10.7 Å². The molecule has 2 N–H and O–H groups in total. The van der Waals surface area contributed by atoms with Crippen LogP contribution in [0.5, 0.6) is 0 Å². The van der Waals surface area contributed by atoms with E-state index in [0.717, 1.165) is 5.56 Å². The van der Waals surface area contributed by atoms with E-state index in [1.807, 2.05) is 6.92 Å². The Morgan fingerprint density at radius 2 is 1.74 bits per heavy atom. The Kier molecular flexibility index (Phi) is 3.83. The normalized spacial score (nSPS) is 11.5. The standard InChI is InChI=1S/C14H14ClNO2S/c1-10-11(3-2-4-14(10)15)9-19(17,18)13-7-5-12(16)6-8-13/h2-8H,9,16H2,1H3. The molecule has 100 valence electrons. The lowest BCUT2D eigenvalue weighted by atomic mass is 10.1. The number of hydrogen-bond donors (Lipinski definition) is 1. The molecule has 0 bridgehead atoms. The zero-order valence-corrected chi connectivity index (χ0v) is 12.0. The molecule has 3 nitrogen and oxygen atoms in total. The minimum Gasteiger partial charge on any atom is -0.399 e. The van der Waals surface area contributed by atoms with Gasteiger partial charge in [-0.3, -0.25) is 0 Å². The van der Waals surface area contributed by atoms with Crippen LogP contribution in [0.2, 0.25) is 5.02 Å². The Morgan fingerprint density at radius 1 is 1.11 bits per heavy atom. The number of nitrogens with two attached hydrogens (primary N) is 1. The second-order valence-electron chi connectivity index (χ2n) is 4.35. The Balaban J connectivity index is 2.36. The highest BCUT2D eigenvalue weighted by Gasteiger charge is 2.17. The molecule has 0 saturated carbocycles. The van der Waals surface area contributed by atoms with Crippen LogP contribution in [0.4, 0.5) is 5.69 Å². The maximum atomic E-state index is 12.3. The molecule has 0 aliphatic carbocycles. The van der Waals surface area contributed by atoms with Crippen molar-refractivity contribution in [2.45, 2.75) is 17.6 Å². The van der Waals surface area contributed by atoms with Crippen LogP contribution < -0.4 is 5.73 Å². The van der Waals surface area contributed by atoms with Gasteiger partial charge < -0.3 is 5.73 Å². The molecule has 2 aromatic carbocycles. The Hall–Kier alpha value is -1.52. The van der Waals surface area contributed by atoms with Gasteiger partial charge in [-0.2, -0.15) is 0 Å². The molecular formula is C14H14ClNO2S. The summed E-state index contributed by atoms with van der Waals surface area (Å²) in [7, 11) is -3.38. The van der Waals surface area contributed by atoms with Crippen LogP contribution in [0.25, 0.3) is 0 Å². The number of benzene rings is 2. The zero-order valence-electron chi connectivity index (χ0n) is 10.4. The molecular weight excluding hydrogens is 282 g/mol. The zero-order chi connectivity index (χ0) is 14.0. The third kappa shape index (κ3) is 3.08. The van der Waals surface area contributed by atoms with Crippen molar-refractivity contribution in [1.82, 2.24) is 0 Å². The van der Waals surface area contributed by atoms with E-state index in [0.29, 0.717) is 16.3 Å². The number of nitrogen functional groups attached to an aromatic ring is 1. The van der Waals surface area contributed by atoms with Crippen molar-refractivity contribution in [3.63, 3.8) is 0 Å². The fraction of sp³-hybridized carbons (Fsp3) is 0.143. The fourth-order valence-electron chi connectivity index (χ4n) is 1.77. The molecule has 0 aliphatic rings. The molecule has 2 aromatic rings. The van der Waals surface area contributed by atoms with Gasteiger partial charge in [-0.1, -0.05) is 23.7 Å². The lowest BCUT2D eigenvalue weighted by Crippen LogP contribution is -2.06. The lowest BCUT2D eigenvalue weighted by Gasteiger charge is -2.09. The summed E-state index contributed by atoms with van der Waals surface area (Å²) in [4.78, 5) is 0.265. The van der Waals surface area contributed by atoms with Crippen molar-refractivity contribution in [3.05, 3.63) is 58.6 Å². The molecule has 0 heterocycles. The maximum absolute atomic E-state index is 12.3. The largest absolute Gasteiger partial charge is 0.399 e. The van der Waals surface area contributed by atoms with Gasteiger partial charge in [0.05, 0.1) is 10.6 Å². The minimum atomic E-state index is -3.38. The summed E-state index contributed by atoms with van der Waals surface area (Å²) >= 11 is 6.00. The second kappa shape index (κ2) is 5.23. The van der Waals surface area contributed by atoms with Gasteiger partial charge in [-0.15, -0.1) is 0 Å². The van der Waals surface area contributed by atoms with E-state index in [1.54, 1.807) is 30.3 Å². The van der Waals surface area contributed by atoms with E-state index < -0.39 is 9.84 Å². The number of hydrogen-bond acceptors (Lipinski definition) is 3. The predicted octanol–water partition coefficient (Wildman–Crippen LogP) is 3.20. The van der Waals surface area contributed by atoms with Crippen LogP contribution in [0.1, 0.15) is 11.1 Å². The number of anilines is 1. The highest BCUT2D eigenvalue weighted by atomic mass is 35.5. The Morgan fingerprint density at radius 3 is 2.37 bits per heavy atom. The van der Waals surface area contributed by atoms with Crippen molar-refractivity contribution < 1.29 is 8.42 Å². The van der Waals surface area contributed by atoms with E-state index in [9.17, 15) is 8.42 Å². The first-order valence-electron chi connectivity index (χ1n) is 5.72. The maximum Gasteiger partial charge on any atom is 0.182 e. The van der Waals surface area contributed by atoms with Gasteiger partial charge >= 0.3 is 0 Å². The summed E-state index contributed by atoms with van der Waals surface area (Å²) in [6.07, 6.45) is 0. The van der Waals surface area contributed by atoms with Crippen molar-refractivity contribution >= 4 is 27.1 Å². The molecule has 0 aliphatic heterocycles. The number of halogens is 1. The van der Waals surface area contributed by atoms with Gasteiger partial charge in [-0.05, 0) is 48.4 Å². The first-order valence-corrected chi connectivity index (χ1v) is 7.75. The van der Waals surface area contributed by atoms with E-state index in [4.69, 9.17) is 17.3 Å². The average Bonchev–Trinajstić information content (AvgIpc) is 2.35. The first-order chi connectivity index (χ1) is 8.90. The van der Waals surface area contributed by atoms with Crippen LogP contribution in [0.15, 0.2) is 47.4 Å². The molecule has 0 atom stereocenters. The number of rotatable bonds is 3. The molecule has 0 aromatic heterocycles. The van der Waals surface area contributed by atoms with Crippen LogP contribution in [-0.2, 0) is 15.6 Å². The van der Waals surface area contributed by atoms with E-state index >= 15 is 0 Å². The van der Waals surface area contributed by atoms with Crippen LogP contribution in [0, 0.1) is 6.92 Å².